The van der Waals surface area contributed by atoms with E-state index in [-0.39, 0.29) is 40.1 Å². The molecular weight excluding hydrogens is 591 g/mol. The van der Waals surface area contributed by atoms with Crippen LogP contribution in [-0.2, 0) is 17.9 Å². The number of aromatic nitrogens is 2. The molecule has 5 rings (SSSR count). The van der Waals surface area contributed by atoms with Crippen LogP contribution in [0.3, 0.4) is 0 Å². The van der Waals surface area contributed by atoms with Gasteiger partial charge in [-0.15, -0.1) is 0 Å². The van der Waals surface area contributed by atoms with Crippen LogP contribution in [0.15, 0.2) is 85.3 Å². The van der Waals surface area contributed by atoms with E-state index < -0.39 is 16.6 Å². The van der Waals surface area contributed by atoms with Crippen molar-refractivity contribution in [3.8, 4) is 5.75 Å². The lowest BCUT2D eigenvalue weighted by molar-refractivity contribution is -0.385. The molecule has 9 nitrogen and oxygen atoms in total. The lowest BCUT2D eigenvalue weighted by Gasteiger charge is -2.12. The number of nitrogens with one attached hydrogen (secondary N) is 1. The molecule has 0 bridgehead atoms. The van der Waals surface area contributed by atoms with Crippen molar-refractivity contribution in [1.82, 2.24) is 9.55 Å². The molecule has 2 heterocycles. The molecule has 5 aromatic rings. The molecule has 0 radical (unpaired) electrons. The molecule has 206 valence electrons. The van der Waals surface area contributed by atoms with Gasteiger partial charge in [-0.3, -0.25) is 24.7 Å². The average Bonchev–Trinajstić information content (AvgIpc) is 3.32. The number of hydrogen-bond donors (Lipinski definition) is 1. The van der Waals surface area contributed by atoms with Gasteiger partial charge in [0.05, 0.1) is 43.8 Å². The third kappa shape index (κ3) is 6.02. The van der Waals surface area contributed by atoms with Crippen LogP contribution in [0.1, 0.15) is 21.5 Å². The first-order chi connectivity index (χ1) is 19.7. The zero-order valence-corrected chi connectivity index (χ0v) is 23.3. The molecule has 3 aromatic carbocycles. The molecule has 0 saturated carbocycles. The fourth-order valence-corrected chi connectivity index (χ4v) is 5.00. The first kappa shape index (κ1) is 28.1. The number of rotatable bonds is 9. The number of Topliss-reactive ketones (excluding diaryl/α,β-unsaturated/α-hetero) is 1. The van der Waals surface area contributed by atoms with Gasteiger partial charge < -0.3 is 14.6 Å². The van der Waals surface area contributed by atoms with Gasteiger partial charge in [-0.2, -0.15) is 0 Å². The number of carbonyl (C=O) groups is 2. The number of ketones is 1. The highest BCUT2D eigenvalue weighted by Gasteiger charge is 2.26. The first-order valence-electron chi connectivity index (χ1n) is 12.1. The van der Waals surface area contributed by atoms with Crippen LogP contribution in [0.5, 0.6) is 5.75 Å². The quantitative estimate of drug-likeness (QED) is 0.0808. The number of nitro groups is 1. The summed E-state index contributed by atoms with van der Waals surface area (Å²) in [6.45, 7) is 0.196. The Hall–Kier alpha value is -4.44. The van der Waals surface area contributed by atoms with Crippen molar-refractivity contribution in [2.75, 3.05) is 5.32 Å². The maximum atomic E-state index is 13.5. The number of amides is 1. The Kier molecular flexibility index (Phi) is 8.21. The van der Waals surface area contributed by atoms with Crippen molar-refractivity contribution in [2.45, 2.75) is 13.2 Å². The SMILES string of the molecule is O=C(Nc1c(Cl)cncc1Cl)C(=O)c1cn(Cc2cc(Cl)ccc2[N+](=O)[O-])c2c(OCc3ccccc3)cccc12. The monoisotopic (exact) mass is 608 g/mol. The second kappa shape index (κ2) is 12.0. The Morgan fingerprint density at radius 3 is 2.41 bits per heavy atom. The molecule has 0 aliphatic carbocycles. The minimum absolute atomic E-state index is 0.0318. The van der Waals surface area contributed by atoms with E-state index in [9.17, 15) is 19.7 Å². The number of carbonyl (C=O) groups excluding carboxylic acids is 2. The summed E-state index contributed by atoms with van der Waals surface area (Å²) in [6.07, 6.45) is 4.03. The average molecular weight is 610 g/mol. The van der Waals surface area contributed by atoms with E-state index in [1.807, 2.05) is 30.3 Å². The number of para-hydroxylation sites is 1. The van der Waals surface area contributed by atoms with Gasteiger partial charge in [-0.25, -0.2) is 0 Å². The highest BCUT2D eigenvalue weighted by Crippen LogP contribution is 2.34. The molecule has 0 aliphatic heterocycles. The molecule has 0 aliphatic rings. The summed E-state index contributed by atoms with van der Waals surface area (Å²) in [7, 11) is 0. The van der Waals surface area contributed by atoms with Gasteiger partial charge in [0.25, 0.3) is 17.4 Å². The summed E-state index contributed by atoms with van der Waals surface area (Å²) in [5, 5.41) is 15.0. The smallest absolute Gasteiger partial charge is 0.296 e. The predicted molar refractivity (Wildman–Crippen MR) is 157 cm³/mol. The number of fused-ring (bicyclic) bond motifs is 1. The van der Waals surface area contributed by atoms with Gasteiger partial charge in [0.1, 0.15) is 12.4 Å². The minimum atomic E-state index is -0.983. The van der Waals surface area contributed by atoms with Gasteiger partial charge in [0.2, 0.25) is 0 Å². The first-order valence-corrected chi connectivity index (χ1v) is 13.2. The predicted octanol–water partition coefficient (Wildman–Crippen LogP) is 7.35. The summed E-state index contributed by atoms with van der Waals surface area (Å²) >= 11 is 18.4. The zero-order valence-electron chi connectivity index (χ0n) is 21.0. The number of nitrogens with zero attached hydrogens (tertiary/aromatic N) is 3. The minimum Gasteiger partial charge on any atom is -0.487 e. The van der Waals surface area contributed by atoms with E-state index in [4.69, 9.17) is 39.5 Å². The highest BCUT2D eigenvalue weighted by molar-refractivity contribution is 6.50. The Bertz CT molecular complexity index is 1790. The molecule has 0 atom stereocenters. The van der Waals surface area contributed by atoms with Gasteiger partial charge in [-0.05, 0) is 23.8 Å². The van der Waals surface area contributed by atoms with Gasteiger partial charge in [0.15, 0.2) is 0 Å². The summed E-state index contributed by atoms with van der Waals surface area (Å²) in [5.41, 5.74) is 1.63. The second-order valence-electron chi connectivity index (χ2n) is 8.89. The highest BCUT2D eigenvalue weighted by atomic mass is 35.5. The number of hydrogen-bond acceptors (Lipinski definition) is 6. The van der Waals surface area contributed by atoms with E-state index in [2.05, 4.69) is 10.3 Å². The molecule has 0 spiro atoms. The van der Waals surface area contributed by atoms with Gasteiger partial charge in [-0.1, -0.05) is 77.3 Å². The van der Waals surface area contributed by atoms with Crippen molar-refractivity contribution >= 4 is 68.8 Å². The largest absolute Gasteiger partial charge is 0.487 e. The molecule has 41 heavy (non-hydrogen) atoms. The standard InChI is InChI=1S/C29H19Cl3N4O5/c30-19-9-10-24(36(39)40)18(11-19)14-35-15-21(28(37)29(38)34-26-22(31)12-33-13-23(26)32)20-7-4-8-25(27(20)35)41-16-17-5-2-1-3-6-17/h1-13,15H,14,16H2,(H,33,34,38). The lowest BCUT2D eigenvalue weighted by atomic mass is 10.1. The topological polar surface area (TPSA) is 116 Å². The van der Waals surface area contributed by atoms with E-state index in [0.29, 0.717) is 27.2 Å². The van der Waals surface area contributed by atoms with Crippen LogP contribution in [-0.4, -0.2) is 26.2 Å². The van der Waals surface area contributed by atoms with Crippen molar-refractivity contribution in [3.63, 3.8) is 0 Å². The van der Waals surface area contributed by atoms with Crippen LogP contribution in [0.4, 0.5) is 11.4 Å². The summed E-state index contributed by atoms with van der Waals surface area (Å²) in [5.74, 6) is -1.45. The Morgan fingerprint density at radius 1 is 0.976 bits per heavy atom. The van der Waals surface area contributed by atoms with Crippen molar-refractivity contribution in [1.29, 1.82) is 0 Å². The fourth-order valence-electron chi connectivity index (χ4n) is 4.35. The van der Waals surface area contributed by atoms with E-state index in [0.717, 1.165) is 5.56 Å². The van der Waals surface area contributed by atoms with E-state index in [1.165, 1.54) is 36.8 Å². The number of ether oxygens (including phenoxy) is 1. The number of pyridine rings is 1. The molecule has 0 fully saturated rings. The van der Waals surface area contributed by atoms with Gasteiger partial charge >= 0.3 is 0 Å². The summed E-state index contributed by atoms with van der Waals surface area (Å²) in [6, 6.07) is 18.8. The lowest BCUT2D eigenvalue weighted by Crippen LogP contribution is -2.23. The Balaban J connectivity index is 1.59. The van der Waals surface area contributed by atoms with Crippen molar-refractivity contribution in [3.05, 3.63) is 127 Å². The molecule has 1 amide bonds. The maximum Gasteiger partial charge on any atom is 0.296 e. The van der Waals surface area contributed by atoms with Crippen molar-refractivity contribution in [2.24, 2.45) is 0 Å². The normalized spacial score (nSPS) is 10.9. The van der Waals surface area contributed by atoms with Crippen LogP contribution >= 0.6 is 34.8 Å². The van der Waals surface area contributed by atoms with Crippen LogP contribution in [0.2, 0.25) is 15.1 Å². The second-order valence-corrected chi connectivity index (χ2v) is 10.1. The van der Waals surface area contributed by atoms with E-state index in [1.54, 1.807) is 22.8 Å². The van der Waals surface area contributed by atoms with Gasteiger partial charge in [0, 0.05) is 35.1 Å². The third-order valence-corrected chi connectivity index (χ3v) is 7.03. The Labute approximate surface area is 248 Å². The summed E-state index contributed by atoms with van der Waals surface area (Å²) in [4.78, 5) is 41.6. The zero-order chi connectivity index (χ0) is 29.1. The number of halogens is 3. The molecule has 0 saturated heterocycles. The van der Waals surface area contributed by atoms with Crippen LogP contribution < -0.4 is 10.1 Å². The Morgan fingerprint density at radius 2 is 1.71 bits per heavy atom. The number of anilines is 1. The molecule has 1 N–H and O–H groups in total. The third-order valence-electron chi connectivity index (χ3n) is 6.22. The van der Waals surface area contributed by atoms with E-state index >= 15 is 0 Å². The fraction of sp³-hybridized carbons (Fsp3) is 0.0690. The molecule has 12 heteroatoms. The maximum absolute atomic E-state index is 13.5. The van der Waals surface area contributed by atoms with Crippen molar-refractivity contribution < 1.29 is 19.2 Å². The van der Waals surface area contributed by atoms with Crippen LogP contribution in [0.25, 0.3) is 10.9 Å². The molecular formula is C29H19Cl3N4O5. The molecule has 0 unspecified atom stereocenters. The summed E-state index contributed by atoms with van der Waals surface area (Å²) < 4.78 is 7.76. The number of nitro benzene ring substituents is 1. The van der Waals surface area contributed by atoms with Crippen LogP contribution in [0, 0.1) is 10.1 Å². The molecule has 2 aromatic heterocycles. The number of benzene rings is 3.